The molecule has 0 radical (unpaired) electrons. The van der Waals surface area contributed by atoms with Crippen molar-refractivity contribution >= 4 is 94.8 Å². The number of hydrogen-bond donors (Lipinski definition) is 0. The van der Waals surface area contributed by atoms with Crippen LogP contribution in [-0.4, -0.2) is 9.97 Å². The van der Waals surface area contributed by atoms with Gasteiger partial charge in [0.15, 0.2) is 0 Å². The van der Waals surface area contributed by atoms with Gasteiger partial charge in [0, 0.05) is 63.5 Å². The lowest BCUT2D eigenvalue weighted by Gasteiger charge is -2.11. The van der Waals surface area contributed by atoms with Crippen molar-refractivity contribution in [2.45, 2.75) is 0 Å². The van der Waals surface area contributed by atoms with E-state index in [0.717, 1.165) is 9.66 Å². The molecule has 0 unspecified atom stereocenters. The van der Waals surface area contributed by atoms with Crippen molar-refractivity contribution in [1.82, 2.24) is 9.97 Å². The summed E-state index contributed by atoms with van der Waals surface area (Å²) in [7, 11) is 0. The van der Waals surface area contributed by atoms with E-state index in [9.17, 15) is 0 Å². The first-order valence-electron chi connectivity index (χ1n) is 21.1. The molecule has 0 N–H and O–H groups in total. The molecule has 0 aliphatic rings. The van der Waals surface area contributed by atoms with Crippen molar-refractivity contribution in [2.24, 2.45) is 0 Å². The molecule has 5 heteroatoms. The number of nitrogens with zero attached hydrogens (tertiary/aromatic N) is 2. The summed E-state index contributed by atoms with van der Waals surface area (Å²) in [6.45, 7) is 0. The number of hydrogen-bond acceptors (Lipinski definition) is 5. The molecule has 0 amide bonds. The highest BCUT2D eigenvalue weighted by Gasteiger charge is 2.14. The minimum atomic E-state index is 1.09. The second kappa shape index (κ2) is 14.7. The summed E-state index contributed by atoms with van der Waals surface area (Å²) < 4.78 is 5.16. The zero-order chi connectivity index (χ0) is 41.4. The highest BCUT2D eigenvalue weighted by molar-refractivity contribution is 7.26. The van der Waals surface area contributed by atoms with Gasteiger partial charge in [-0.15, -0.1) is 34.0 Å². The number of thiophene rings is 3. The second-order valence-corrected chi connectivity index (χ2v) is 19.3. The Morgan fingerprint density at radius 2 is 0.492 bits per heavy atom. The molecule has 0 aliphatic carbocycles. The van der Waals surface area contributed by atoms with Gasteiger partial charge in [-0.2, -0.15) is 0 Å². The van der Waals surface area contributed by atoms with E-state index in [-0.39, 0.29) is 0 Å². The summed E-state index contributed by atoms with van der Waals surface area (Å²) in [6, 6.07) is 71.7. The molecule has 13 aromatic rings. The van der Waals surface area contributed by atoms with Crippen molar-refractivity contribution in [1.29, 1.82) is 0 Å². The lowest BCUT2D eigenvalue weighted by Crippen LogP contribution is -1.85. The van der Waals surface area contributed by atoms with Crippen LogP contribution < -0.4 is 0 Å². The molecule has 0 bridgehead atoms. The van der Waals surface area contributed by atoms with Crippen LogP contribution in [0.15, 0.2) is 207 Å². The van der Waals surface area contributed by atoms with Crippen molar-refractivity contribution in [2.75, 3.05) is 0 Å². The predicted molar refractivity (Wildman–Crippen MR) is 273 cm³/mol. The fourth-order valence-corrected chi connectivity index (χ4v) is 12.3. The van der Waals surface area contributed by atoms with Gasteiger partial charge >= 0.3 is 0 Å². The Balaban J connectivity index is 0.805. The third-order valence-electron chi connectivity index (χ3n) is 12.4. The van der Waals surface area contributed by atoms with Crippen LogP contribution >= 0.6 is 34.0 Å². The minimum absolute atomic E-state index is 1.09. The third-order valence-corrected chi connectivity index (χ3v) is 15.8. The summed E-state index contributed by atoms with van der Waals surface area (Å²) >= 11 is 5.38. The zero-order valence-corrected chi connectivity index (χ0v) is 36.2. The molecule has 0 aliphatic heterocycles. The SMILES string of the molecule is c1cc(-c2cccc(-c3cccc(-c4ccc5sc6ncccc6c5c4)c3)c2)cc(-c2cccc(-c3ccc4sc5ccc(-c6ccc7sc8ncccc8c7c6)cc5c4c3)c2)c1. The molecule has 0 atom stereocenters. The van der Waals surface area contributed by atoms with Gasteiger partial charge in [0.1, 0.15) is 9.66 Å². The van der Waals surface area contributed by atoms with Crippen molar-refractivity contribution < 1.29 is 0 Å². The van der Waals surface area contributed by atoms with Crippen LogP contribution in [0.1, 0.15) is 0 Å². The largest absolute Gasteiger partial charge is 0.245 e. The maximum Gasteiger partial charge on any atom is 0.124 e. The monoisotopic (exact) mass is 854 g/mol. The second-order valence-electron chi connectivity index (χ2n) is 16.2. The highest BCUT2D eigenvalue weighted by atomic mass is 32.1. The Bertz CT molecular complexity index is 3940. The zero-order valence-electron chi connectivity index (χ0n) is 33.7. The van der Waals surface area contributed by atoms with Crippen LogP contribution in [0.4, 0.5) is 0 Å². The van der Waals surface area contributed by atoms with Crippen LogP contribution in [0, 0.1) is 0 Å². The van der Waals surface area contributed by atoms with E-state index in [1.54, 1.807) is 22.7 Å². The number of benzene rings is 8. The fraction of sp³-hybridized carbons (Fsp3) is 0. The molecule has 0 spiro atoms. The summed E-state index contributed by atoms with van der Waals surface area (Å²) in [6.07, 6.45) is 3.76. The van der Waals surface area contributed by atoms with Crippen LogP contribution in [0.25, 0.3) is 128 Å². The Labute approximate surface area is 375 Å². The number of rotatable bonds is 6. The Hall–Kier alpha value is -7.28. The van der Waals surface area contributed by atoms with E-state index in [1.807, 2.05) is 35.9 Å². The molecule has 13 rings (SSSR count). The fourth-order valence-electron chi connectivity index (χ4n) is 9.23. The average Bonchev–Trinajstić information content (AvgIpc) is 4.04. The van der Waals surface area contributed by atoms with Crippen molar-refractivity contribution in [3.63, 3.8) is 0 Å². The maximum atomic E-state index is 4.61. The molecule has 8 aromatic carbocycles. The van der Waals surface area contributed by atoms with E-state index >= 15 is 0 Å². The van der Waals surface area contributed by atoms with Gasteiger partial charge in [0.25, 0.3) is 0 Å². The smallest absolute Gasteiger partial charge is 0.124 e. The molecule has 5 heterocycles. The summed E-state index contributed by atoms with van der Waals surface area (Å²) in [5, 5.41) is 7.58. The van der Waals surface area contributed by atoms with E-state index in [2.05, 4.69) is 192 Å². The topological polar surface area (TPSA) is 25.8 Å². The lowest BCUT2D eigenvalue weighted by atomic mass is 9.93. The molecule has 0 fully saturated rings. The first-order chi connectivity index (χ1) is 31.1. The Kier molecular flexibility index (Phi) is 8.48. The molecular formula is C58H34N2S3. The van der Waals surface area contributed by atoms with Crippen LogP contribution in [0.3, 0.4) is 0 Å². The molecule has 5 aromatic heterocycles. The molecule has 0 saturated carbocycles. The van der Waals surface area contributed by atoms with Gasteiger partial charge < -0.3 is 0 Å². The summed E-state index contributed by atoms with van der Waals surface area (Å²) in [5.41, 5.74) is 14.5. The van der Waals surface area contributed by atoms with E-state index < -0.39 is 0 Å². The normalized spacial score (nSPS) is 11.8. The minimum Gasteiger partial charge on any atom is -0.245 e. The molecule has 294 valence electrons. The third kappa shape index (κ3) is 6.35. The molecule has 2 nitrogen and oxygen atoms in total. The van der Waals surface area contributed by atoms with E-state index in [1.165, 1.54) is 118 Å². The van der Waals surface area contributed by atoms with Crippen LogP contribution in [0.5, 0.6) is 0 Å². The van der Waals surface area contributed by atoms with Crippen molar-refractivity contribution in [3.05, 3.63) is 207 Å². The standard InChI is InChI=1S/C58H34N2S3/c1-7-35(27-37(9-1)39-11-3-13-41(29-39)43-19-23-55-49(31-43)47-15-5-25-59-57(47)62-55)36-8-2-10-38(28-36)40-12-4-14-42(30-40)44-17-21-53-51(33-44)52-34-46(18-22-54(52)61-53)45-20-24-56-50(32-45)48-16-6-26-60-58(48)63-56/h1-34H. The number of fused-ring (bicyclic) bond motifs is 9. The number of aromatic nitrogens is 2. The quantitative estimate of drug-likeness (QED) is 0.167. The predicted octanol–water partition coefficient (Wildman–Crippen LogP) is 17.6. The van der Waals surface area contributed by atoms with Gasteiger partial charge in [0.05, 0.1) is 0 Å². The first-order valence-corrected chi connectivity index (χ1v) is 23.5. The first kappa shape index (κ1) is 36.4. The maximum absolute atomic E-state index is 4.61. The molecule has 0 saturated heterocycles. The van der Waals surface area contributed by atoms with Crippen LogP contribution in [-0.2, 0) is 0 Å². The number of pyridine rings is 2. The molecular weight excluding hydrogens is 821 g/mol. The Morgan fingerprint density at radius 1 is 0.222 bits per heavy atom. The van der Waals surface area contributed by atoms with Gasteiger partial charge in [-0.1, -0.05) is 97.1 Å². The summed E-state index contributed by atoms with van der Waals surface area (Å²) in [4.78, 5) is 11.4. The van der Waals surface area contributed by atoms with Gasteiger partial charge in [-0.25, -0.2) is 9.97 Å². The van der Waals surface area contributed by atoms with Crippen LogP contribution in [0.2, 0.25) is 0 Å². The van der Waals surface area contributed by atoms with E-state index in [0.29, 0.717) is 0 Å². The van der Waals surface area contributed by atoms with Crippen molar-refractivity contribution in [3.8, 4) is 66.8 Å². The Morgan fingerprint density at radius 3 is 0.810 bits per heavy atom. The lowest BCUT2D eigenvalue weighted by molar-refractivity contribution is 1.45. The van der Waals surface area contributed by atoms with E-state index in [4.69, 9.17) is 0 Å². The van der Waals surface area contributed by atoms with Gasteiger partial charge in [0.2, 0.25) is 0 Å². The highest BCUT2D eigenvalue weighted by Crippen LogP contribution is 2.42. The van der Waals surface area contributed by atoms with Gasteiger partial charge in [-0.05, 0) is 164 Å². The molecule has 63 heavy (non-hydrogen) atoms. The van der Waals surface area contributed by atoms with Gasteiger partial charge in [-0.3, -0.25) is 0 Å². The summed E-state index contributed by atoms with van der Waals surface area (Å²) in [5.74, 6) is 0. The average molecular weight is 855 g/mol.